The summed E-state index contributed by atoms with van der Waals surface area (Å²) in [5, 5.41) is 9.90. The first kappa shape index (κ1) is 21.9. The van der Waals surface area contributed by atoms with Crippen LogP contribution in [-0.2, 0) is 21.3 Å². The Morgan fingerprint density at radius 2 is 2.00 bits per heavy atom. The standard InChI is InChI=1S/C19H27NO5S2/c21-18(14-16-6-2-1-3-7-16)10-8-17-9-11-19(22)20(17)12-4-5-13-26-15-27(23,24)25/h1-3,6-8,10,17-18,21H,4-5,9,11-15H2,(H,23,24,25)/b10-8+/t17-,18?/m0/s1. The van der Waals surface area contributed by atoms with Gasteiger partial charge in [0.2, 0.25) is 5.91 Å². The summed E-state index contributed by atoms with van der Waals surface area (Å²) in [5.74, 6) is 0.741. The van der Waals surface area contributed by atoms with E-state index in [0.717, 1.165) is 24.8 Å². The minimum absolute atomic E-state index is 0.00777. The Bertz CT molecular complexity index is 721. The molecule has 1 aromatic carbocycles. The van der Waals surface area contributed by atoms with Crippen molar-refractivity contribution in [1.82, 2.24) is 4.90 Å². The first-order valence-corrected chi connectivity index (χ1v) is 11.8. The highest BCUT2D eigenvalue weighted by Gasteiger charge is 2.28. The molecule has 27 heavy (non-hydrogen) atoms. The summed E-state index contributed by atoms with van der Waals surface area (Å²) < 4.78 is 30.0. The first-order chi connectivity index (χ1) is 12.8. The van der Waals surface area contributed by atoms with Gasteiger partial charge in [-0.1, -0.05) is 42.5 Å². The maximum atomic E-state index is 12.1. The highest BCUT2D eigenvalue weighted by Crippen LogP contribution is 2.21. The van der Waals surface area contributed by atoms with Gasteiger partial charge in [0.1, 0.15) is 5.08 Å². The van der Waals surface area contributed by atoms with E-state index < -0.39 is 16.2 Å². The van der Waals surface area contributed by atoms with Crippen LogP contribution in [0.4, 0.5) is 0 Å². The molecule has 1 aromatic rings. The summed E-state index contributed by atoms with van der Waals surface area (Å²) in [6.45, 7) is 0.620. The van der Waals surface area contributed by atoms with E-state index in [4.69, 9.17) is 4.55 Å². The number of likely N-dealkylation sites (tertiary alicyclic amines) is 1. The first-order valence-electron chi connectivity index (χ1n) is 9.08. The average Bonchev–Trinajstić information content (AvgIpc) is 2.96. The third-order valence-corrected chi connectivity index (χ3v) is 6.82. The second-order valence-corrected chi connectivity index (χ2v) is 9.57. The normalized spacial score (nSPS) is 19.1. The molecule has 0 saturated carbocycles. The third-order valence-electron chi connectivity index (χ3n) is 4.39. The van der Waals surface area contributed by atoms with E-state index in [1.807, 2.05) is 41.3 Å². The van der Waals surface area contributed by atoms with E-state index in [0.29, 0.717) is 25.1 Å². The summed E-state index contributed by atoms with van der Waals surface area (Å²) in [5.41, 5.74) is 1.07. The van der Waals surface area contributed by atoms with E-state index in [2.05, 4.69) is 0 Å². The number of thioether (sulfide) groups is 1. The topological polar surface area (TPSA) is 94.9 Å². The van der Waals surface area contributed by atoms with Crippen LogP contribution in [0.1, 0.15) is 31.2 Å². The molecule has 2 atom stereocenters. The molecule has 2 rings (SSSR count). The quantitative estimate of drug-likeness (QED) is 0.329. The van der Waals surface area contributed by atoms with Crippen LogP contribution >= 0.6 is 11.8 Å². The summed E-state index contributed by atoms with van der Waals surface area (Å²) in [6.07, 6.45) is 6.48. The van der Waals surface area contributed by atoms with Gasteiger partial charge in [0.25, 0.3) is 10.1 Å². The molecule has 2 N–H and O–H groups in total. The smallest absolute Gasteiger partial charge is 0.274 e. The van der Waals surface area contributed by atoms with Crippen molar-refractivity contribution in [2.75, 3.05) is 17.4 Å². The van der Waals surface area contributed by atoms with Crippen LogP contribution in [0.25, 0.3) is 0 Å². The zero-order valence-electron chi connectivity index (χ0n) is 15.2. The Kier molecular flexibility index (Phi) is 8.82. The molecule has 1 unspecified atom stereocenters. The molecule has 8 heteroatoms. The van der Waals surface area contributed by atoms with Gasteiger partial charge in [-0.2, -0.15) is 8.42 Å². The Hall–Kier alpha value is -1.35. The SMILES string of the molecule is O=C1CC[C@H](/C=C/C(O)Cc2ccccc2)N1CCCCSCS(=O)(=O)O. The average molecular weight is 414 g/mol. The molecule has 0 radical (unpaired) electrons. The van der Waals surface area contributed by atoms with Gasteiger partial charge < -0.3 is 10.0 Å². The monoisotopic (exact) mass is 413 g/mol. The fourth-order valence-electron chi connectivity index (χ4n) is 3.08. The van der Waals surface area contributed by atoms with Crippen LogP contribution in [0.2, 0.25) is 0 Å². The molecule has 1 amide bonds. The summed E-state index contributed by atoms with van der Waals surface area (Å²) in [6, 6.07) is 9.78. The lowest BCUT2D eigenvalue weighted by atomic mass is 10.1. The van der Waals surface area contributed by atoms with Gasteiger partial charge in [-0.15, -0.1) is 11.8 Å². The number of carbonyl (C=O) groups is 1. The lowest BCUT2D eigenvalue weighted by Gasteiger charge is -2.22. The highest BCUT2D eigenvalue weighted by atomic mass is 32.3. The molecule has 1 saturated heterocycles. The fourth-order valence-corrected chi connectivity index (χ4v) is 4.80. The van der Waals surface area contributed by atoms with Gasteiger partial charge in [0.05, 0.1) is 12.1 Å². The van der Waals surface area contributed by atoms with Gasteiger partial charge in [-0.05, 0) is 30.6 Å². The second kappa shape index (κ2) is 10.8. The molecule has 150 valence electrons. The number of aliphatic hydroxyl groups excluding tert-OH is 1. The van der Waals surface area contributed by atoms with Crippen molar-refractivity contribution in [2.24, 2.45) is 0 Å². The van der Waals surface area contributed by atoms with Crippen molar-refractivity contribution in [3.8, 4) is 0 Å². The molecular formula is C19H27NO5S2. The summed E-state index contributed by atoms with van der Waals surface area (Å²) >= 11 is 1.17. The highest BCUT2D eigenvalue weighted by molar-refractivity contribution is 8.10. The van der Waals surface area contributed by atoms with Crippen molar-refractivity contribution >= 4 is 27.8 Å². The number of aliphatic hydroxyl groups is 1. The maximum Gasteiger partial charge on any atom is 0.274 e. The molecule has 0 aliphatic carbocycles. The number of benzene rings is 1. The minimum Gasteiger partial charge on any atom is -0.389 e. The van der Waals surface area contributed by atoms with Crippen molar-refractivity contribution in [3.05, 3.63) is 48.0 Å². The predicted octanol–water partition coefficient (Wildman–Crippen LogP) is 2.50. The summed E-state index contributed by atoms with van der Waals surface area (Å²) in [4.78, 5) is 13.9. The predicted molar refractivity (Wildman–Crippen MR) is 108 cm³/mol. The number of nitrogens with zero attached hydrogens (tertiary/aromatic N) is 1. The van der Waals surface area contributed by atoms with Crippen molar-refractivity contribution in [3.63, 3.8) is 0 Å². The number of hydrogen-bond donors (Lipinski definition) is 2. The molecular weight excluding hydrogens is 386 g/mol. The number of unbranched alkanes of at least 4 members (excludes halogenated alkanes) is 1. The molecule has 0 spiro atoms. The van der Waals surface area contributed by atoms with E-state index >= 15 is 0 Å². The minimum atomic E-state index is -3.92. The zero-order valence-corrected chi connectivity index (χ0v) is 16.9. The van der Waals surface area contributed by atoms with Crippen LogP contribution in [-0.4, -0.2) is 58.4 Å². The van der Waals surface area contributed by atoms with E-state index in [-0.39, 0.29) is 17.0 Å². The van der Waals surface area contributed by atoms with E-state index in [9.17, 15) is 18.3 Å². The largest absolute Gasteiger partial charge is 0.389 e. The Labute approximate surface area is 165 Å². The number of carbonyl (C=O) groups excluding carboxylic acids is 1. The van der Waals surface area contributed by atoms with Gasteiger partial charge in [-0.3, -0.25) is 9.35 Å². The fraction of sp³-hybridized carbons (Fsp3) is 0.526. The van der Waals surface area contributed by atoms with Crippen LogP contribution < -0.4 is 0 Å². The van der Waals surface area contributed by atoms with Gasteiger partial charge in [0.15, 0.2) is 0 Å². The van der Waals surface area contributed by atoms with Crippen LogP contribution in [0.3, 0.4) is 0 Å². The number of amides is 1. The molecule has 1 aliphatic rings. The Morgan fingerprint density at radius 3 is 2.70 bits per heavy atom. The molecule has 6 nitrogen and oxygen atoms in total. The maximum absolute atomic E-state index is 12.1. The van der Waals surface area contributed by atoms with Crippen molar-refractivity contribution in [1.29, 1.82) is 0 Å². The number of rotatable bonds is 11. The number of hydrogen-bond acceptors (Lipinski definition) is 5. The third kappa shape index (κ3) is 8.47. The zero-order chi connectivity index (χ0) is 19.7. The van der Waals surface area contributed by atoms with Crippen LogP contribution in [0.15, 0.2) is 42.5 Å². The van der Waals surface area contributed by atoms with E-state index in [1.54, 1.807) is 6.08 Å². The van der Waals surface area contributed by atoms with Gasteiger partial charge >= 0.3 is 0 Å². The molecule has 1 fully saturated rings. The second-order valence-electron chi connectivity index (χ2n) is 6.65. The van der Waals surface area contributed by atoms with Crippen molar-refractivity contribution in [2.45, 2.75) is 44.2 Å². The molecule has 1 heterocycles. The van der Waals surface area contributed by atoms with Crippen molar-refractivity contribution < 1.29 is 22.9 Å². The van der Waals surface area contributed by atoms with Crippen LogP contribution in [0.5, 0.6) is 0 Å². The van der Waals surface area contributed by atoms with E-state index in [1.165, 1.54) is 11.8 Å². The van der Waals surface area contributed by atoms with Crippen LogP contribution in [0, 0.1) is 0 Å². The van der Waals surface area contributed by atoms with Gasteiger partial charge in [0, 0.05) is 19.4 Å². The Morgan fingerprint density at radius 1 is 1.26 bits per heavy atom. The summed E-state index contributed by atoms with van der Waals surface area (Å²) in [7, 11) is -3.92. The molecule has 0 bridgehead atoms. The lowest BCUT2D eigenvalue weighted by Crippen LogP contribution is -2.33. The lowest BCUT2D eigenvalue weighted by molar-refractivity contribution is -0.128. The molecule has 1 aliphatic heterocycles. The van der Waals surface area contributed by atoms with Gasteiger partial charge in [-0.25, -0.2) is 0 Å². The Balaban J connectivity index is 1.74. The molecule has 0 aromatic heterocycles.